The molecule has 1 spiro atoms. The SMILES string of the molecule is Cc1ccc(-c2nn(C3CCC(C(=O)N4CCC5(CC4)CN(CCCc4cccc6c4n(C)c(=O)n6C4CCC(=O)NC4=O)C5)CC3)cc2CC(=O)c2cnn3cccnc23)nc1. The number of pyridine rings is 1. The van der Waals surface area contributed by atoms with E-state index in [0.717, 1.165) is 118 Å². The Balaban J connectivity index is 0.713. The highest BCUT2D eigenvalue weighted by atomic mass is 16.2. The van der Waals surface area contributed by atoms with Crippen molar-refractivity contribution in [3.8, 4) is 11.4 Å². The Kier molecular flexibility index (Phi) is 10.6. The van der Waals surface area contributed by atoms with Gasteiger partial charge in [-0.25, -0.2) is 14.3 Å². The van der Waals surface area contributed by atoms with Crippen molar-refractivity contribution in [2.45, 2.75) is 89.6 Å². The van der Waals surface area contributed by atoms with E-state index in [-0.39, 0.29) is 53.5 Å². The van der Waals surface area contributed by atoms with Gasteiger partial charge in [-0.3, -0.25) is 43.3 Å². The number of Topliss-reactive ketones (excluding diaryl/α,β-unsaturated/α-hetero) is 1. The maximum atomic E-state index is 13.9. The van der Waals surface area contributed by atoms with Crippen LogP contribution < -0.4 is 11.0 Å². The number of hydrogen-bond acceptors (Lipinski definition) is 10. The molecule has 6 aromatic rings. The number of ketones is 1. The van der Waals surface area contributed by atoms with Gasteiger partial charge in [0.25, 0.3) is 0 Å². The van der Waals surface area contributed by atoms with Crippen molar-refractivity contribution in [2.75, 3.05) is 32.7 Å². The first-order valence-corrected chi connectivity index (χ1v) is 22.4. The number of likely N-dealkylation sites (tertiary alicyclic amines) is 2. The van der Waals surface area contributed by atoms with E-state index >= 15 is 0 Å². The van der Waals surface area contributed by atoms with Gasteiger partial charge in [-0.1, -0.05) is 18.2 Å². The second kappa shape index (κ2) is 16.4. The highest BCUT2D eigenvalue weighted by Crippen LogP contribution is 2.42. The van der Waals surface area contributed by atoms with E-state index in [1.54, 1.807) is 45.4 Å². The molecular weight excluding hydrogens is 799 g/mol. The maximum absolute atomic E-state index is 13.9. The van der Waals surface area contributed by atoms with E-state index in [9.17, 15) is 24.0 Å². The zero-order valence-electron chi connectivity index (χ0n) is 35.9. The summed E-state index contributed by atoms with van der Waals surface area (Å²) >= 11 is 0. The fourth-order valence-electron chi connectivity index (χ4n) is 10.7. The predicted molar refractivity (Wildman–Crippen MR) is 234 cm³/mol. The van der Waals surface area contributed by atoms with E-state index in [1.165, 1.54) is 0 Å². The summed E-state index contributed by atoms with van der Waals surface area (Å²) in [7, 11) is 1.75. The van der Waals surface area contributed by atoms with Crippen LogP contribution in [0.15, 0.2) is 72.2 Å². The van der Waals surface area contributed by atoms with E-state index in [1.807, 2.05) is 48.3 Å². The van der Waals surface area contributed by atoms with Gasteiger partial charge in [-0.05, 0) is 106 Å². The number of aromatic nitrogens is 8. The molecule has 1 aromatic carbocycles. The van der Waals surface area contributed by atoms with Crippen LogP contribution in [0.3, 0.4) is 0 Å². The summed E-state index contributed by atoms with van der Waals surface area (Å²) in [5, 5.41) is 11.7. The summed E-state index contributed by atoms with van der Waals surface area (Å²) in [6.45, 7) is 6.65. The van der Waals surface area contributed by atoms with Crippen molar-refractivity contribution in [1.82, 2.24) is 53.6 Å². The molecule has 63 heavy (non-hydrogen) atoms. The van der Waals surface area contributed by atoms with Crippen LogP contribution in [0.1, 0.15) is 96.9 Å². The number of para-hydroxylation sites is 1. The van der Waals surface area contributed by atoms with Crippen LogP contribution in [0.25, 0.3) is 28.1 Å². The Morgan fingerprint density at radius 1 is 0.921 bits per heavy atom. The summed E-state index contributed by atoms with van der Waals surface area (Å²) in [5.41, 5.74) is 6.98. The number of carbonyl (C=O) groups excluding carboxylic acids is 4. The number of amides is 3. The molecule has 16 heteroatoms. The number of aryl methyl sites for hydroxylation is 3. The average Bonchev–Trinajstić information content (AvgIpc) is 3.98. The molecule has 1 atom stereocenters. The fourth-order valence-corrected chi connectivity index (χ4v) is 10.7. The molecule has 10 rings (SSSR count). The molecule has 3 saturated heterocycles. The standard InChI is InChI=1S/C47H53N11O5/c1-30-9-14-36(49-25-30)41-33(24-39(59)35-26-50-56-21-5-19-48-43(35)56)27-57(52-41)34-12-10-32(11-13-34)45(62)55-22-17-47(18-23-55)28-54(29-47)20-4-7-31-6-3-8-37-42(31)53(2)46(63)58(37)38-15-16-40(60)51-44(38)61/h3,5-6,8-9,14,19,21,25-27,32,34,38H,4,7,10-13,15-18,20,22-24,28-29H2,1-2H3,(H,51,60,61). The summed E-state index contributed by atoms with van der Waals surface area (Å²) in [5.74, 6) is -0.504. The molecule has 5 aromatic heterocycles. The lowest BCUT2D eigenvalue weighted by molar-refractivity contribution is -0.142. The lowest BCUT2D eigenvalue weighted by Gasteiger charge is -2.54. The van der Waals surface area contributed by atoms with Gasteiger partial charge in [0.05, 0.1) is 34.5 Å². The molecule has 8 heterocycles. The molecule has 4 fully saturated rings. The van der Waals surface area contributed by atoms with Crippen molar-refractivity contribution >= 4 is 40.2 Å². The van der Waals surface area contributed by atoms with Crippen molar-refractivity contribution in [2.24, 2.45) is 18.4 Å². The molecule has 1 N–H and O–H groups in total. The number of piperidine rings is 2. The molecule has 0 bridgehead atoms. The Hall–Kier alpha value is -6.29. The minimum atomic E-state index is -0.693. The smallest absolute Gasteiger partial charge is 0.329 e. The zero-order valence-corrected chi connectivity index (χ0v) is 35.9. The van der Waals surface area contributed by atoms with Gasteiger partial charge in [0, 0.05) is 82.3 Å². The lowest BCUT2D eigenvalue weighted by atomic mass is 9.71. The van der Waals surface area contributed by atoms with Gasteiger partial charge in [0.15, 0.2) is 11.4 Å². The molecule has 3 amide bonds. The van der Waals surface area contributed by atoms with Gasteiger partial charge in [0.1, 0.15) is 11.7 Å². The minimum absolute atomic E-state index is 0.0102. The number of carbonyl (C=O) groups is 4. The summed E-state index contributed by atoms with van der Waals surface area (Å²) < 4.78 is 6.80. The molecule has 1 aliphatic carbocycles. The van der Waals surface area contributed by atoms with E-state index in [2.05, 4.69) is 36.2 Å². The maximum Gasteiger partial charge on any atom is 0.329 e. The van der Waals surface area contributed by atoms with E-state index in [0.29, 0.717) is 23.3 Å². The monoisotopic (exact) mass is 851 g/mol. The molecular formula is C47H53N11O5. The van der Waals surface area contributed by atoms with Crippen LogP contribution in [-0.2, 0) is 34.3 Å². The quantitative estimate of drug-likeness (QED) is 0.143. The van der Waals surface area contributed by atoms with Crippen molar-refractivity contribution in [1.29, 1.82) is 0 Å². The van der Waals surface area contributed by atoms with Gasteiger partial charge >= 0.3 is 5.69 Å². The second-order valence-electron chi connectivity index (χ2n) is 18.4. The number of benzene rings is 1. The van der Waals surface area contributed by atoms with Crippen LogP contribution in [0.2, 0.25) is 0 Å². The average molecular weight is 852 g/mol. The fraction of sp³-hybridized carbons (Fsp3) is 0.468. The van der Waals surface area contributed by atoms with E-state index in [4.69, 9.17) is 5.10 Å². The largest absolute Gasteiger partial charge is 0.342 e. The van der Waals surface area contributed by atoms with Crippen molar-refractivity contribution in [3.05, 3.63) is 100 Å². The van der Waals surface area contributed by atoms with Crippen molar-refractivity contribution in [3.63, 3.8) is 0 Å². The third kappa shape index (κ3) is 7.67. The Labute approximate surface area is 364 Å². The number of rotatable bonds is 11. The van der Waals surface area contributed by atoms with Gasteiger partial charge in [-0.2, -0.15) is 10.2 Å². The predicted octanol–water partition coefficient (Wildman–Crippen LogP) is 4.64. The number of nitrogens with zero attached hydrogens (tertiary/aromatic N) is 10. The van der Waals surface area contributed by atoms with Crippen LogP contribution in [0.5, 0.6) is 0 Å². The minimum Gasteiger partial charge on any atom is -0.342 e. The highest BCUT2D eigenvalue weighted by molar-refractivity contribution is 6.03. The van der Waals surface area contributed by atoms with Gasteiger partial charge < -0.3 is 9.80 Å². The Morgan fingerprint density at radius 3 is 2.49 bits per heavy atom. The molecule has 16 nitrogen and oxygen atoms in total. The molecule has 326 valence electrons. The van der Waals surface area contributed by atoms with Crippen LogP contribution in [0.4, 0.5) is 0 Å². The number of nitrogens with one attached hydrogen (secondary N) is 1. The first-order valence-electron chi connectivity index (χ1n) is 22.4. The van der Waals surface area contributed by atoms with Gasteiger partial charge in [0.2, 0.25) is 17.7 Å². The lowest BCUT2D eigenvalue weighted by Crippen LogP contribution is -2.61. The molecule has 1 unspecified atom stereocenters. The first kappa shape index (κ1) is 40.8. The van der Waals surface area contributed by atoms with Crippen LogP contribution >= 0.6 is 0 Å². The number of hydrogen-bond donors (Lipinski definition) is 1. The summed E-state index contributed by atoms with van der Waals surface area (Å²) in [6.07, 6.45) is 16.6. The van der Waals surface area contributed by atoms with E-state index < -0.39 is 11.9 Å². The normalized spacial score (nSPS) is 21.6. The second-order valence-corrected chi connectivity index (χ2v) is 18.4. The Morgan fingerprint density at radius 2 is 1.73 bits per heavy atom. The number of imide groups is 1. The summed E-state index contributed by atoms with van der Waals surface area (Å²) in [6, 6.07) is 11.1. The number of imidazole rings is 1. The topological polar surface area (TPSA) is 175 Å². The van der Waals surface area contributed by atoms with Crippen LogP contribution in [-0.4, -0.2) is 105 Å². The van der Waals surface area contributed by atoms with Crippen LogP contribution in [0, 0.1) is 18.3 Å². The first-order chi connectivity index (χ1) is 30.5. The van der Waals surface area contributed by atoms with Gasteiger partial charge in [-0.15, -0.1) is 0 Å². The molecule has 0 radical (unpaired) electrons. The molecule has 1 saturated carbocycles. The third-order valence-electron chi connectivity index (χ3n) is 14.2. The Bertz CT molecular complexity index is 2790. The third-order valence-corrected chi connectivity index (χ3v) is 14.2. The summed E-state index contributed by atoms with van der Waals surface area (Å²) in [4.78, 5) is 79.0. The molecule has 3 aliphatic heterocycles. The van der Waals surface area contributed by atoms with Crippen molar-refractivity contribution < 1.29 is 19.2 Å². The zero-order chi connectivity index (χ0) is 43.4. The number of fused-ring (bicyclic) bond motifs is 2. The highest BCUT2D eigenvalue weighted by Gasteiger charge is 2.46. The molecule has 4 aliphatic rings.